The van der Waals surface area contributed by atoms with Gasteiger partial charge < -0.3 is 10.2 Å². The van der Waals surface area contributed by atoms with Crippen molar-refractivity contribution in [1.82, 2.24) is 10.2 Å². The Hall–Kier alpha value is -1.58. The molecule has 0 aromatic heterocycles. The highest BCUT2D eigenvalue weighted by molar-refractivity contribution is 5.90. The van der Waals surface area contributed by atoms with Crippen molar-refractivity contribution in [2.45, 2.75) is 19.4 Å². The third kappa shape index (κ3) is 3.55. The number of fused-ring (bicyclic) bond motifs is 1. The zero-order valence-electron chi connectivity index (χ0n) is 12.2. The molecule has 2 aromatic rings. The van der Waals surface area contributed by atoms with Crippen LogP contribution in [0.2, 0.25) is 0 Å². The smallest absolute Gasteiger partial charge is 0.227 e. The van der Waals surface area contributed by atoms with E-state index in [9.17, 15) is 4.79 Å². The molecule has 2 aromatic carbocycles. The standard InChI is InChI=1S/C17H20N2O.ClH/c1-13-12-19(10-9-18-13)17(20)11-15-7-4-6-14-5-2-3-8-16(14)15;/h2-8,13,18H,9-12H2,1H3;1H/t13-;/m1./s1. The quantitative estimate of drug-likeness (QED) is 0.925. The highest BCUT2D eigenvalue weighted by atomic mass is 35.5. The number of hydrogen-bond donors (Lipinski definition) is 1. The van der Waals surface area contributed by atoms with Gasteiger partial charge in [0.05, 0.1) is 6.42 Å². The van der Waals surface area contributed by atoms with Gasteiger partial charge in [0.1, 0.15) is 0 Å². The van der Waals surface area contributed by atoms with Crippen molar-refractivity contribution >= 4 is 29.1 Å². The predicted molar refractivity (Wildman–Crippen MR) is 88.9 cm³/mol. The summed E-state index contributed by atoms with van der Waals surface area (Å²) in [5.74, 6) is 0.231. The fraction of sp³-hybridized carbons (Fsp3) is 0.353. The number of benzene rings is 2. The van der Waals surface area contributed by atoms with Crippen LogP contribution >= 0.6 is 12.4 Å². The zero-order chi connectivity index (χ0) is 13.9. The van der Waals surface area contributed by atoms with E-state index in [2.05, 4.69) is 36.5 Å². The van der Waals surface area contributed by atoms with Crippen molar-refractivity contribution in [1.29, 1.82) is 0 Å². The van der Waals surface area contributed by atoms with Crippen LogP contribution < -0.4 is 5.32 Å². The number of carbonyl (C=O) groups is 1. The number of amides is 1. The molecular formula is C17H21ClN2O. The van der Waals surface area contributed by atoms with Crippen molar-refractivity contribution in [3.8, 4) is 0 Å². The monoisotopic (exact) mass is 304 g/mol. The molecular weight excluding hydrogens is 284 g/mol. The molecule has 0 aliphatic carbocycles. The SMILES string of the molecule is C[C@@H]1CN(C(=O)Cc2cccc3ccccc23)CCN1.Cl. The second-order valence-electron chi connectivity index (χ2n) is 5.51. The number of hydrogen-bond acceptors (Lipinski definition) is 2. The van der Waals surface area contributed by atoms with Crippen LogP contribution in [0, 0.1) is 0 Å². The Labute approximate surface area is 131 Å². The van der Waals surface area contributed by atoms with Crippen LogP contribution in [0.5, 0.6) is 0 Å². The van der Waals surface area contributed by atoms with Gasteiger partial charge in [-0.1, -0.05) is 42.5 Å². The average Bonchev–Trinajstić information content (AvgIpc) is 2.47. The van der Waals surface area contributed by atoms with Gasteiger partial charge in [-0.05, 0) is 23.3 Å². The summed E-state index contributed by atoms with van der Waals surface area (Å²) in [5, 5.41) is 5.75. The Morgan fingerprint density at radius 2 is 2.00 bits per heavy atom. The molecule has 0 radical (unpaired) electrons. The van der Waals surface area contributed by atoms with Crippen molar-refractivity contribution < 1.29 is 4.79 Å². The molecule has 1 fully saturated rings. The molecule has 0 bridgehead atoms. The summed E-state index contributed by atoms with van der Waals surface area (Å²) in [7, 11) is 0. The minimum Gasteiger partial charge on any atom is -0.340 e. The molecule has 4 heteroatoms. The van der Waals surface area contributed by atoms with E-state index in [0.717, 1.165) is 25.2 Å². The van der Waals surface area contributed by atoms with Crippen molar-refractivity contribution in [2.24, 2.45) is 0 Å². The van der Waals surface area contributed by atoms with Crippen LogP contribution in [0.25, 0.3) is 10.8 Å². The summed E-state index contributed by atoms with van der Waals surface area (Å²) >= 11 is 0. The third-order valence-corrected chi connectivity index (χ3v) is 3.94. The molecule has 1 atom stereocenters. The van der Waals surface area contributed by atoms with Gasteiger partial charge in [0, 0.05) is 25.7 Å². The number of piperazine rings is 1. The highest BCUT2D eigenvalue weighted by Crippen LogP contribution is 2.19. The second kappa shape index (κ2) is 6.92. The van der Waals surface area contributed by atoms with Gasteiger partial charge in [-0.25, -0.2) is 0 Å². The lowest BCUT2D eigenvalue weighted by Gasteiger charge is -2.32. The van der Waals surface area contributed by atoms with Crippen molar-refractivity contribution in [3.05, 3.63) is 48.0 Å². The fourth-order valence-electron chi connectivity index (χ4n) is 2.88. The summed E-state index contributed by atoms with van der Waals surface area (Å²) in [5.41, 5.74) is 1.12. The van der Waals surface area contributed by atoms with Gasteiger partial charge >= 0.3 is 0 Å². The van der Waals surface area contributed by atoms with E-state index in [0.29, 0.717) is 12.5 Å². The van der Waals surface area contributed by atoms with Gasteiger partial charge in [0.15, 0.2) is 0 Å². The van der Waals surface area contributed by atoms with E-state index in [1.165, 1.54) is 10.8 Å². The van der Waals surface area contributed by atoms with Gasteiger partial charge in [0.25, 0.3) is 0 Å². The number of carbonyl (C=O) groups excluding carboxylic acids is 1. The molecule has 1 heterocycles. The first kappa shape index (κ1) is 15.8. The minimum atomic E-state index is 0. The van der Waals surface area contributed by atoms with Crippen molar-refractivity contribution in [3.63, 3.8) is 0 Å². The van der Waals surface area contributed by atoms with E-state index < -0.39 is 0 Å². The maximum absolute atomic E-state index is 12.5. The Kier molecular flexibility index (Phi) is 5.21. The van der Waals surface area contributed by atoms with E-state index in [-0.39, 0.29) is 18.3 Å². The van der Waals surface area contributed by atoms with E-state index >= 15 is 0 Å². The lowest BCUT2D eigenvalue weighted by molar-refractivity contribution is -0.131. The normalized spacial score (nSPS) is 18.3. The maximum Gasteiger partial charge on any atom is 0.227 e. The number of nitrogens with zero attached hydrogens (tertiary/aromatic N) is 1. The Balaban J connectivity index is 0.00000161. The van der Waals surface area contributed by atoms with Gasteiger partial charge in [-0.3, -0.25) is 4.79 Å². The Bertz CT molecular complexity index is 624. The molecule has 3 rings (SSSR count). The fourth-order valence-corrected chi connectivity index (χ4v) is 2.88. The molecule has 0 unspecified atom stereocenters. The summed E-state index contributed by atoms with van der Waals surface area (Å²) in [6, 6.07) is 14.8. The van der Waals surface area contributed by atoms with Gasteiger partial charge in [-0.2, -0.15) is 0 Å². The molecule has 1 aliphatic rings. The molecule has 1 N–H and O–H groups in total. The number of halogens is 1. The molecule has 21 heavy (non-hydrogen) atoms. The third-order valence-electron chi connectivity index (χ3n) is 3.94. The van der Waals surface area contributed by atoms with E-state index in [4.69, 9.17) is 0 Å². The number of nitrogens with one attached hydrogen (secondary N) is 1. The largest absolute Gasteiger partial charge is 0.340 e. The van der Waals surface area contributed by atoms with Crippen molar-refractivity contribution in [2.75, 3.05) is 19.6 Å². The average molecular weight is 305 g/mol. The minimum absolute atomic E-state index is 0. The molecule has 0 saturated carbocycles. The first-order valence-electron chi connectivity index (χ1n) is 7.22. The first-order valence-corrected chi connectivity index (χ1v) is 7.22. The molecule has 112 valence electrons. The zero-order valence-corrected chi connectivity index (χ0v) is 13.0. The Morgan fingerprint density at radius 3 is 2.81 bits per heavy atom. The molecule has 1 amide bonds. The first-order chi connectivity index (χ1) is 9.74. The highest BCUT2D eigenvalue weighted by Gasteiger charge is 2.20. The topological polar surface area (TPSA) is 32.3 Å². The van der Waals surface area contributed by atoms with Crippen LogP contribution in [0.1, 0.15) is 12.5 Å². The van der Waals surface area contributed by atoms with Crippen LogP contribution in [-0.4, -0.2) is 36.5 Å². The summed E-state index contributed by atoms with van der Waals surface area (Å²) in [6.45, 7) is 4.64. The van der Waals surface area contributed by atoms with Gasteiger partial charge in [0.2, 0.25) is 5.91 Å². The van der Waals surface area contributed by atoms with E-state index in [1.807, 2.05) is 23.1 Å². The maximum atomic E-state index is 12.5. The van der Waals surface area contributed by atoms with Crippen LogP contribution in [-0.2, 0) is 11.2 Å². The van der Waals surface area contributed by atoms with Gasteiger partial charge in [-0.15, -0.1) is 12.4 Å². The molecule has 1 aliphatic heterocycles. The second-order valence-corrected chi connectivity index (χ2v) is 5.51. The lowest BCUT2D eigenvalue weighted by Crippen LogP contribution is -2.51. The summed E-state index contributed by atoms with van der Waals surface area (Å²) < 4.78 is 0. The van der Waals surface area contributed by atoms with Crippen LogP contribution in [0.15, 0.2) is 42.5 Å². The molecule has 1 saturated heterocycles. The summed E-state index contributed by atoms with van der Waals surface area (Å²) in [6.07, 6.45) is 0.494. The van der Waals surface area contributed by atoms with Crippen LogP contribution in [0.4, 0.5) is 0 Å². The lowest BCUT2D eigenvalue weighted by atomic mass is 10.0. The van der Waals surface area contributed by atoms with Crippen LogP contribution in [0.3, 0.4) is 0 Å². The molecule has 3 nitrogen and oxygen atoms in total. The van der Waals surface area contributed by atoms with E-state index in [1.54, 1.807) is 0 Å². The Morgan fingerprint density at radius 1 is 1.24 bits per heavy atom. The number of rotatable bonds is 2. The molecule has 0 spiro atoms. The summed E-state index contributed by atoms with van der Waals surface area (Å²) in [4.78, 5) is 14.4. The predicted octanol–water partition coefficient (Wildman–Crippen LogP) is 2.62.